The Balaban J connectivity index is 2.46. The molecule has 0 bridgehead atoms. The number of aromatic carboxylic acids is 1. The van der Waals surface area contributed by atoms with Crippen molar-refractivity contribution in [3.63, 3.8) is 0 Å². The van der Waals surface area contributed by atoms with Gasteiger partial charge in [-0.15, -0.1) is 0 Å². The van der Waals surface area contributed by atoms with E-state index >= 15 is 0 Å². The third-order valence-electron chi connectivity index (χ3n) is 2.31. The van der Waals surface area contributed by atoms with Gasteiger partial charge in [0.05, 0.1) is 5.56 Å². The van der Waals surface area contributed by atoms with Gasteiger partial charge in [-0.3, -0.25) is 4.79 Å². The van der Waals surface area contributed by atoms with Gasteiger partial charge < -0.3 is 15.3 Å². The molecule has 0 amide bonds. The van der Waals surface area contributed by atoms with Crippen LogP contribution >= 0.6 is 0 Å². The Morgan fingerprint density at radius 1 is 1.29 bits per heavy atom. The summed E-state index contributed by atoms with van der Waals surface area (Å²) in [5.41, 5.74) is 6.68. The van der Waals surface area contributed by atoms with E-state index in [4.69, 9.17) is 15.3 Å². The normalized spacial score (nSPS) is 10.1. The molecule has 1 aromatic carbocycles. The fraction of sp³-hybridized carbons (Fsp3) is 0. The second-order valence-corrected chi connectivity index (χ2v) is 3.43. The highest BCUT2D eigenvalue weighted by Crippen LogP contribution is 2.28. The first-order valence-electron chi connectivity index (χ1n) is 4.80. The minimum absolute atomic E-state index is 0.105. The number of carbonyl (C=O) groups excluding carboxylic acids is 1. The number of rotatable bonds is 3. The fourth-order valence-electron chi connectivity index (χ4n) is 1.48. The number of benzene rings is 1. The van der Waals surface area contributed by atoms with Crippen molar-refractivity contribution in [3.8, 4) is 11.3 Å². The van der Waals surface area contributed by atoms with Crippen LogP contribution in [0.25, 0.3) is 11.3 Å². The molecule has 2 rings (SSSR count). The first-order chi connectivity index (χ1) is 8.11. The van der Waals surface area contributed by atoms with E-state index in [2.05, 4.69) is 0 Å². The summed E-state index contributed by atoms with van der Waals surface area (Å²) in [5, 5.41) is 8.79. The molecule has 0 aliphatic carbocycles. The van der Waals surface area contributed by atoms with Crippen LogP contribution < -0.4 is 5.73 Å². The second-order valence-electron chi connectivity index (χ2n) is 3.43. The van der Waals surface area contributed by atoms with Crippen molar-refractivity contribution >= 4 is 17.9 Å². The van der Waals surface area contributed by atoms with Crippen molar-refractivity contribution < 1.29 is 19.1 Å². The van der Waals surface area contributed by atoms with Gasteiger partial charge in [0.25, 0.3) is 0 Å². The highest BCUT2D eigenvalue weighted by atomic mass is 16.4. The number of aldehydes is 1. The van der Waals surface area contributed by atoms with Gasteiger partial charge >= 0.3 is 5.97 Å². The number of carboxylic acid groups (broad SMARTS) is 1. The molecule has 5 heteroatoms. The predicted octanol–water partition coefficient (Wildman–Crippen LogP) is 2.04. The number of hydrogen-bond donors (Lipinski definition) is 2. The van der Waals surface area contributed by atoms with E-state index in [1.807, 2.05) is 0 Å². The zero-order valence-electron chi connectivity index (χ0n) is 8.71. The largest absolute Gasteiger partial charge is 0.478 e. The Kier molecular flexibility index (Phi) is 2.66. The molecule has 0 unspecified atom stereocenters. The minimum atomic E-state index is -1.05. The van der Waals surface area contributed by atoms with E-state index in [-0.39, 0.29) is 17.0 Å². The summed E-state index contributed by atoms with van der Waals surface area (Å²) in [6.45, 7) is 0. The third kappa shape index (κ3) is 2.03. The molecule has 0 spiro atoms. The van der Waals surface area contributed by atoms with E-state index in [9.17, 15) is 9.59 Å². The zero-order chi connectivity index (χ0) is 12.4. The highest BCUT2D eigenvalue weighted by molar-refractivity contribution is 5.91. The van der Waals surface area contributed by atoms with E-state index < -0.39 is 5.97 Å². The quantitative estimate of drug-likeness (QED) is 0.622. The summed E-state index contributed by atoms with van der Waals surface area (Å²) in [6.07, 6.45) is 0.589. The van der Waals surface area contributed by atoms with Gasteiger partial charge in [-0.05, 0) is 30.3 Å². The topological polar surface area (TPSA) is 93.5 Å². The molecule has 0 saturated carbocycles. The summed E-state index contributed by atoms with van der Waals surface area (Å²) in [6, 6.07) is 7.45. The molecule has 0 radical (unpaired) electrons. The summed E-state index contributed by atoms with van der Waals surface area (Å²) in [4.78, 5) is 21.2. The smallest absolute Gasteiger partial charge is 0.335 e. The van der Waals surface area contributed by atoms with Crippen LogP contribution in [0.5, 0.6) is 0 Å². The average molecular weight is 231 g/mol. The molecule has 86 valence electrons. The number of furan rings is 1. The molecule has 17 heavy (non-hydrogen) atoms. The standard InChI is InChI=1S/C12H9NO4/c13-10-5-7(12(15)16)1-3-9(10)11-4-2-8(6-14)17-11/h1-6H,13H2,(H,15,16). The van der Waals surface area contributed by atoms with Crippen LogP contribution in [-0.2, 0) is 0 Å². The molecule has 1 aromatic heterocycles. The lowest BCUT2D eigenvalue weighted by Crippen LogP contribution is -1.98. The maximum Gasteiger partial charge on any atom is 0.335 e. The van der Waals surface area contributed by atoms with Crippen LogP contribution in [-0.4, -0.2) is 17.4 Å². The van der Waals surface area contributed by atoms with Crippen molar-refractivity contribution in [2.45, 2.75) is 0 Å². The molecular weight excluding hydrogens is 222 g/mol. The van der Waals surface area contributed by atoms with Crippen LogP contribution in [0.2, 0.25) is 0 Å². The SMILES string of the molecule is Nc1cc(C(=O)O)ccc1-c1ccc(C=O)o1. The number of hydrogen-bond acceptors (Lipinski definition) is 4. The summed E-state index contributed by atoms with van der Waals surface area (Å²) >= 11 is 0. The third-order valence-corrected chi connectivity index (χ3v) is 2.31. The molecule has 2 aromatic rings. The van der Waals surface area contributed by atoms with Crippen LogP contribution in [0.1, 0.15) is 20.9 Å². The minimum Gasteiger partial charge on any atom is -0.478 e. The van der Waals surface area contributed by atoms with E-state index in [0.717, 1.165) is 0 Å². The van der Waals surface area contributed by atoms with Crippen LogP contribution in [0.4, 0.5) is 5.69 Å². The Hall–Kier alpha value is -2.56. The molecule has 3 N–H and O–H groups in total. The molecule has 0 fully saturated rings. The second kappa shape index (κ2) is 4.13. The Labute approximate surface area is 96.5 Å². The fourth-order valence-corrected chi connectivity index (χ4v) is 1.48. The maximum atomic E-state index is 10.7. The number of carbonyl (C=O) groups is 2. The monoisotopic (exact) mass is 231 g/mol. The van der Waals surface area contributed by atoms with Gasteiger partial charge in [0, 0.05) is 11.3 Å². The summed E-state index contributed by atoms with van der Waals surface area (Å²) < 4.78 is 5.20. The van der Waals surface area contributed by atoms with Crippen LogP contribution in [0.3, 0.4) is 0 Å². The average Bonchev–Trinajstić information content (AvgIpc) is 2.77. The lowest BCUT2D eigenvalue weighted by Gasteiger charge is -2.03. The lowest BCUT2D eigenvalue weighted by atomic mass is 10.1. The van der Waals surface area contributed by atoms with Crippen LogP contribution in [0.15, 0.2) is 34.7 Å². The highest BCUT2D eigenvalue weighted by Gasteiger charge is 2.10. The summed E-state index contributed by atoms with van der Waals surface area (Å²) in [7, 11) is 0. The Bertz CT molecular complexity index is 586. The van der Waals surface area contributed by atoms with Crippen molar-refractivity contribution in [1.82, 2.24) is 0 Å². The Morgan fingerprint density at radius 3 is 2.59 bits per heavy atom. The molecule has 0 aliphatic rings. The molecule has 1 heterocycles. The van der Waals surface area contributed by atoms with E-state index in [1.54, 1.807) is 12.1 Å². The molecule has 0 saturated heterocycles. The zero-order valence-corrected chi connectivity index (χ0v) is 8.71. The van der Waals surface area contributed by atoms with E-state index in [0.29, 0.717) is 17.6 Å². The van der Waals surface area contributed by atoms with E-state index in [1.165, 1.54) is 18.2 Å². The van der Waals surface area contributed by atoms with Gasteiger partial charge in [-0.2, -0.15) is 0 Å². The van der Waals surface area contributed by atoms with Crippen molar-refractivity contribution in [1.29, 1.82) is 0 Å². The molecule has 5 nitrogen and oxygen atoms in total. The Morgan fingerprint density at radius 2 is 2.06 bits per heavy atom. The van der Waals surface area contributed by atoms with Crippen molar-refractivity contribution in [2.24, 2.45) is 0 Å². The molecular formula is C12H9NO4. The van der Waals surface area contributed by atoms with Gasteiger partial charge in [0.15, 0.2) is 12.0 Å². The first-order valence-corrected chi connectivity index (χ1v) is 4.80. The van der Waals surface area contributed by atoms with Gasteiger partial charge in [-0.1, -0.05) is 0 Å². The van der Waals surface area contributed by atoms with Crippen molar-refractivity contribution in [2.75, 3.05) is 5.73 Å². The van der Waals surface area contributed by atoms with Gasteiger partial charge in [-0.25, -0.2) is 4.79 Å². The van der Waals surface area contributed by atoms with Gasteiger partial charge in [0.1, 0.15) is 5.76 Å². The number of nitrogens with two attached hydrogens (primary N) is 1. The van der Waals surface area contributed by atoms with Gasteiger partial charge in [0.2, 0.25) is 0 Å². The number of nitrogen functional groups attached to an aromatic ring is 1. The number of anilines is 1. The lowest BCUT2D eigenvalue weighted by molar-refractivity contribution is 0.0697. The summed E-state index contributed by atoms with van der Waals surface area (Å²) in [5.74, 6) is -0.417. The molecule has 0 atom stereocenters. The first kappa shape index (κ1) is 10.9. The van der Waals surface area contributed by atoms with Crippen molar-refractivity contribution in [3.05, 3.63) is 41.7 Å². The predicted molar refractivity (Wildman–Crippen MR) is 60.9 cm³/mol. The van der Waals surface area contributed by atoms with Crippen LogP contribution in [0, 0.1) is 0 Å². The number of carboxylic acids is 1. The maximum absolute atomic E-state index is 10.7. The molecule has 0 aliphatic heterocycles.